The average Bonchev–Trinajstić information content (AvgIpc) is 2.92. The second-order valence-corrected chi connectivity index (χ2v) is 7.37. The molecule has 0 aromatic heterocycles. The normalized spacial score (nSPS) is 35.6. The first kappa shape index (κ1) is 15.2. The zero-order chi connectivity index (χ0) is 14.0. The van der Waals surface area contributed by atoms with Crippen LogP contribution in [0.25, 0.3) is 0 Å². The molecule has 1 aliphatic heterocycles. The van der Waals surface area contributed by atoms with Gasteiger partial charge < -0.3 is 4.90 Å². The molecule has 3 nitrogen and oxygen atoms in total. The Morgan fingerprint density at radius 2 is 2.16 bits per heavy atom. The Kier molecular flexibility index (Phi) is 5.18. The first-order valence-electron chi connectivity index (χ1n) is 7.69. The minimum absolute atomic E-state index is 0.0480. The van der Waals surface area contributed by atoms with Gasteiger partial charge in [0.05, 0.1) is 12.2 Å². The molecule has 4 heteroatoms. The third kappa shape index (κ3) is 3.10. The average molecular weight is 284 g/mol. The van der Waals surface area contributed by atoms with E-state index in [1.54, 1.807) is 0 Å². The third-order valence-electron chi connectivity index (χ3n) is 4.46. The predicted molar refractivity (Wildman–Crippen MR) is 82.2 cm³/mol. The van der Waals surface area contributed by atoms with Crippen molar-refractivity contribution in [2.24, 2.45) is 5.92 Å². The molecule has 2 rings (SSSR count). The summed E-state index contributed by atoms with van der Waals surface area (Å²) in [5.74, 6) is 0.969. The molecule has 1 amide bonds. The van der Waals surface area contributed by atoms with E-state index in [0.29, 0.717) is 23.1 Å². The van der Waals surface area contributed by atoms with Crippen LogP contribution in [0.1, 0.15) is 52.9 Å². The van der Waals surface area contributed by atoms with E-state index < -0.39 is 0 Å². The van der Waals surface area contributed by atoms with E-state index in [4.69, 9.17) is 0 Å². The fourth-order valence-electron chi connectivity index (χ4n) is 3.53. The molecule has 19 heavy (non-hydrogen) atoms. The molecule has 0 bridgehead atoms. The van der Waals surface area contributed by atoms with Crippen molar-refractivity contribution in [1.82, 2.24) is 10.2 Å². The summed E-state index contributed by atoms with van der Waals surface area (Å²) in [6, 6.07) is 0.502. The summed E-state index contributed by atoms with van der Waals surface area (Å²) in [6.07, 6.45) is 8.14. The Morgan fingerprint density at radius 3 is 2.74 bits per heavy atom. The van der Waals surface area contributed by atoms with Crippen LogP contribution in [-0.2, 0) is 4.79 Å². The van der Waals surface area contributed by atoms with E-state index in [0.717, 1.165) is 12.8 Å². The molecule has 0 radical (unpaired) electrons. The highest BCUT2D eigenvalue weighted by molar-refractivity contribution is 7.99. The van der Waals surface area contributed by atoms with Crippen LogP contribution in [0.15, 0.2) is 0 Å². The smallest absolute Gasteiger partial charge is 0.241 e. The summed E-state index contributed by atoms with van der Waals surface area (Å²) in [6.45, 7) is 6.58. The van der Waals surface area contributed by atoms with Crippen molar-refractivity contribution in [2.45, 2.75) is 76.4 Å². The van der Waals surface area contributed by atoms with Gasteiger partial charge >= 0.3 is 0 Å². The lowest BCUT2D eigenvalue weighted by molar-refractivity contribution is -0.132. The molecule has 110 valence electrons. The Balaban J connectivity index is 2.15. The molecule has 0 aromatic carbocycles. The lowest BCUT2D eigenvalue weighted by Gasteiger charge is -2.34. The van der Waals surface area contributed by atoms with Gasteiger partial charge in [-0.3, -0.25) is 10.1 Å². The van der Waals surface area contributed by atoms with E-state index in [9.17, 15) is 4.79 Å². The minimum Gasteiger partial charge on any atom is -0.322 e. The molecule has 4 atom stereocenters. The molecular formula is C15H28N2OS. The number of rotatable bonds is 5. The maximum atomic E-state index is 12.6. The Bertz CT molecular complexity index is 321. The summed E-state index contributed by atoms with van der Waals surface area (Å²) in [5.41, 5.74) is 0. The van der Waals surface area contributed by atoms with Crippen molar-refractivity contribution in [3.8, 4) is 0 Å². The molecule has 1 saturated carbocycles. The summed E-state index contributed by atoms with van der Waals surface area (Å²) in [4.78, 5) is 14.8. The summed E-state index contributed by atoms with van der Waals surface area (Å²) < 4.78 is 0. The number of amides is 1. The van der Waals surface area contributed by atoms with E-state index >= 15 is 0 Å². The van der Waals surface area contributed by atoms with Crippen LogP contribution in [0.3, 0.4) is 0 Å². The summed E-state index contributed by atoms with van der Waals surface area (Å²) in [7, 11) is 0. The van der Waals surface area contributed by atoms with Crippen molar-refractivity contribution in [2.75, 3.05) is 6.26 Å². The highest BCUT2D eigenvalue weighted by Gasteiger charge is 2.45. The molecule has 1 aliphatic carbocycles. The van der Waals surface area contributed by atoms with Crippen LogP contribution >= 0.6 is 11.8 Å². The standard InChI is InChI=1S/C15H28N2OS/c1-5-11-15(18)17(14(16-11)9-10(2)3)12-7-6-8-13(12)19-4/h10-14,16H,5-9H2,1-4H3. The van der Waals surface area contributed by atoms with Gasteiger partial charge in [-0.15, -0.1) is 0 Å². The zero-order valence-corrected chi connectivity index (χ0v) is 13.5. The molecule has 2 aliphatic rings. The van der Waals surface area contributed by atoms with Crippen LogP contribution in [0, 0.1) is 5.92 Å². The molecule has 4 unspecified atom stereocenters. The maximum Gasteiger partial charge on any atom is 0.241 e. The third-order valence-corrected chi connectivity index (χ3v) is 5.62. The SMILES string of the molecule is CCC1NC(CC(C)C)N(C2CCCC2SC)C1=O. The van der Waals surface area contributed by atoms with Crippen molar-refractivity contribution >= 4 is 17.7 Å². The molecule has 0 spiro atoms. The molecule has 1 N–H and O–H groups in total. The van der Waals surface area contributed by atoms with Crippen LogP contribution in [0.5, 0.6) is 0 Å². The molecular weight excluding hydrogens is 256 g/mol. The second-order valence-electron chi connectivity index (χ2n) is 6.29. The van der Waals surface area contributed by atoms with Crippen molar-refractivity contribution in [3.63, 3.8) is 0 Å². The number of hydrogen-bond donors (Lipinski definition) is 1. The number of nitrogens with one attached hydrogen (secondary N) is 1. The largest absolute Gasteiger partial charge is 0.322 e. The fourth-order valence-corrected chi connectivity index (χ4v) is 4.52. The number of carbonyl (C=O) groups is 1. The van der Waals surface area contributed by atoms with Gasteiger partial charge in [-0.05, 0) is 37.9 Å². The van der Waals surface area contributed by atoms with E-state index in [1.807, 2.05) is 11.8 Å². The first-order chi connectivity index (χ1) is 9.08. The van der Waals surface area contributed by atoms with Gasteiger partial charge in [-0.25, -0.2) is 0 Å². The van der Waals surface area contributed by atoms with Gasteiger partial charge in [0.1, 0.15) is 0 Å². The van der Waals surface area contributed by atoms with Crippen molar-refractivity contribution in [1.29, 1.82) is 0 Å². The topological polar surface area (TPSA) is 32.3 Å². The van der Waals surface area contributed by atoms with Crippen LogP contribution in [0.2, 0.25) is 0 Å². The number of hydrogen-bond acceptors (Lipinski definition) is 3. The van der Waals surface area contributed by atoms with Crippen molar-refractivity contribution in [3.05, 3.63) is 0 Å². The highest BCUT2D eigenvalue weighted by atomic mass is 32.2. The molecule has 1 saturated heterocycles. The maximum absolute atomic E-state index is 12.6. The van der Waals surface area contributed by atoms with Gasteiger partial charge in [-0.1, -0.05) is 27.2 Å². The Labute approximate surface area is 121 Å². The van der Waals surface area contributed by atoms with E-state index in [2.05, 4.69) is 37.2 Å². The Morgan fingerprint density at radius 1 is 1.42 bits per heavy atom. The van der Waals surface area contributed by atoms with Crippen LogP contribution in [-0.4, -0.2) is 40.6 Å². The number of thioether (sulfide) groups is 1. The van der Waals surface area contributed by atoms with Gasteiger partial charge in [0.15, 0.2) is 0 Å². The van der Waals surface area contributed by atoms with Gasteiger partial charge in [-0.2, -0.15) is 11.8 Å². The summed E-state index contributed by atoms with van der Waals surface area (Å²) in [5, 5.41) is 4.20. The van der Waals surface area contributed by atoms with E-state index in [1.165, 1.54) is 19.3 Å². The lowest BCUT2D eigenvalue weighted by Crippen LogP contribution is -2.47. The van der Waals surface area contributed by atoms with Gasteiger partial charge in [0, 0.05) is 11.3 Å². The zero-order valence-electron chi connectivity index (χ0n) is 12.7. The molecule has 2 fully saturated rings. The highest BCUT2D eigenvalue weighted by Crippen LogP contribution is 2.36. The van der Waals surface area contributed by atoms with Gasteiger partial charge in [0.25, 0.3) is 0 Å². The first-order valence-corrected chi connectivity index (χ1v) is 8.98. The summed E-state index contributed by atoms with van der Waals surface area (Å²) >= 11 is 1.94. The predicted octanol–water partition coefficient (Wildman–Crippen LogP) is 2.85. The number of nitrogens with zero attached hydrogens (tertiary/aromatic N) is 1. The monoisotopic (exact) mass is 284 g/mol. The van der Waals surface area contributed by atoms with Crippen LogP contribution < -0.4 is 5.32 Å². The quantitative estimate of drug-likeness (QED) is 0.842. The Hall–Kier alpha value is -0.220. The molecule has 0 aromatic rings. The minimum atomic E-state index is 0.0480. The molecule has 1 heterocycles. The van der Waals surface area contributed by atoms with Crippen molar-refractivity contribution < 1.29 is 4.79 Å². The second kappa shape index (κ2) is 6.49. The number of carbonyl (C=O) groups excluding carboxylic acids is 1. The van der Waals surface area contributed by atoms with Crippen LogP contribution in [0.4, 0.5) is 0 Å². The lowest BCUT2D eigenvalue weighted by atomic mass is 10.1. The fraction of sp³-hybridized carbons (Fsp3) is 0.933. The van der Waals surface area contributed by atoms with Gasteiger partial charge in [0.2, 0.25) is 5.91 Å². The van der Waals surface area contributed by atoms with E-state index in [-0.39, 0.29) is 12.2 Å².